The van der Waals surface area contributed by atoms with Crippen molar-refractivity contribution in [3.8, 4) is 0 Å². The van der Waals surface area contributed by atoms with Gasteiger partial charge in [0.05, 0.1) is 6.61 Å². The summed E-state index contributed by atoms with van der Waals surface area (Å²) >= 11 is 6.27. The summed E-state index contributed by atoms with van der Waals surface area (Å²) in [5.74, 6) is 0.664. The van der Waals surface area contributed by atoms with Gasteiger partial charge in [-0.2, -0.15) is 0 Å². The van der Waals surface area contributed by atoms with Gasteiger partial charge in [0.2, 0.25) is 0 Å². The lowest BCUT2D eigenvalue weighted by atomic mass is 10.1. The van der Waals surface area contributed by atoms with Crippen molar-refractivity contribution in [3.05, 3.63) is 40.9 Å². The molecule has 0 bridgehead atoms. The van der Waals surface area contributed by atoms with E-state index in [0.29, 0.717) is 12.4 Å². The minimum atomic E-state index is 0.252. The van der Waals surface area contributed by atoms with Crippen molar-refractivity contribution in [2.45, 2.75) is 26.8 Å². The van der Waals surface area contributed by atoms with E-state index >= 15 is 0 Å². The molecule has 94 valence electrons. The van der Waals surface area contributed by atoms with E-state index in [0.717, 1.165) is 22.7 Å². The third-order valence-corrected chi connectivity index (χ3v) is 2.95. The van der Waals surface area contributed by atoms with Crippen LogP contribution in [-0.2, 0) is 4.74 Å². The van der Waals surface area contributed by atoms with Gasteiger partial charge in [0, 0.05) is 16.6 Å². The number of benzene rings is 1. The Morgan fingerprint density at radius 3 is 2.71 bits per heavy atom. The smallest absolute Gasteiger partial charge is 0.119 e. The maximum Gasteiger partial charge on any atom is 0.119 e. The summed E-state index contributed by atoms with van der Waals surface area (Å²) in [5, 5.41) is 4.09. The minimum absolute atomic E-state index is 0.252. The molecule has 0 aliphatic carbocycles. The maximum atomic E-state index is 6.27. The average Bonchev–Trinajstić information content (AvgIpc) is 2.29. The molecule has 0 saturated carbocycles. The van der Waals surface area contributed by atoms with Crippen LogP contribution in [0, 0.1) is 0 Å². The molecule has 2 nitrogen and oxygen atoms in total. The molecule has 0 radical (unpaired) electrons. The van der Waals surface area contributed by atoms with Gasteiger partial charge < -0.3 is 10.1 Å². The van der Waals surface area contributed by atoms with Crippen molar-refractivity contribution < 1.29 is 4.74 Å². The van der Waals surface area contributed by atoms with E-state index in [2.05, 4.69) is 25.7 Å². The summed E-state index contributed by atoms with van der Waals surface area (Å²) in [5.41, 5.74) is 2.03. The van der Waals surface area contributed by atoms with Crippen molar-refractivity contribution in [2.75, 3.05) is 13.2 Å². The maximum absolute atomic E-state index is 6.27. The average molecular weight is 254 g/mol. The van der Waals surface area contributed by atoms with Gasteiger partial charge >= 0.3 is 0 Å². The van der Waals surface area contributed by atoms with Crippen LogP contribution in [0.2, 0.25) is 5.02 Å². The third kappa shape index (κ3) is 3.76. The molecule has 1 atom stereocenters. The van der Waals surface area contributed by atoms with Gasteiger partial charge in [0.1, 0.15) is 5.76 Å². The van der Waals surface area contributed by atoms with Crippen LogP contribution in [0.1, 0.15) is 37.9 Å². The summed E-state index contributed by atoms with van der Waals surface area (Å²) in [6.07, 6.45) is 0. The number of hydrogen-bond donors (Lipinski definition) is 1. The fourth-order valence-corrected chi connectivity index (χ4v) is 2.07. The molecule has 1 aromatic carbocycles. The highest BCUT2D eigenvalue weighted by Crippen LogP contribution is 2.26. The van der Waals surface area contributed by atoms with Crippen LogP contribution in [0.4, 0.5) is 0 Å². The van der Waals surface area contributed by atoms with Crippen molar-refractivity contribution >= 4 is 17.4 Å². The van der Waals surface area contributed by atoms with E-state index in [1.54, 1.807) is 0 Å². The Morgan fingerprint density at radius 2 is 2.18 bits per heavy atom. The fourth-order valence-electron chi connectivity index (χ4n) is 1.73. The van der Waals surface area contributed by atoms with Crippen LogP contribution in [0.25, 0.3) is 5.76 Å². The van der Waals surface area contributed by atoms with Gasteiger partial charge in [0.25, 0.3) is 0 Å². The molecule has 0 saturated heterocycles. The van der Waals surface area contributed by atoms with Crippen LogP contribution in [-0.4, -0.2) is 13.2 Å². The minimum Gasteiger partial charge on any atom is -0.494 e. The molecule has 0 amide bonds. The first kappa shape index (κ1) is 14.1. The van der Waals surface area contributed by atoms with E-state index in [-0.39, 0.29) is 6.04 Å². The fraction of sp³-hybridized carbons (Fsp3) is 0.429. The second-order valence-corrected chi connectivity index (χ2v) is 4.28. The van der Waals surface area contributed by atoms with Crippen LogP contribution in [0.15, 0.2) is 24.8 Å². The van der Waals surface area contributed by atoms with Gasteiger partial charge in [0.15, 0.2) is 0 Å². The summed E-state index contributed by atoms with van der Waals surface area (Å²) in [7, 11) is 0. The molecule has 1 rings (SSSR count). The van der Waals surface area contributed by atoms with Crippen LogP contribution >= 0.6 is 11.6 Å². The molecular formula is C14H20ClNO. The first-order chi connectivity index (χ1) is 8.10. The number of halogens is 1. The Morgan fingerprint density at radius 1 is 1.47 bits per heavy atom. The Bertz CT molecular complexity index is 390. The molecule has 0 aliphatic heterocycles. The van der Waals surface area contributed by atoms with E-state index in [9.17, 15) is 0 Å². The van der Waals surface area contributed by atoms with Crippen LogP contribution < -0.4 is 5.32 Å². The molecule has 0 heterocycles. The van der Waals surface area contributed by atoms with Gasteiger partial charge in [-0.3, -0.25) is 0 Å². The monoisotopic (exact) mass is 253 g/mol. The normalized spacial score (nSPS) is 12.2. The summed E-state index contributed by atoms with van der Waals surface area (Å²) < 4.78 is 5.36. The molecule has 1 aromatic rings. The molecule has 1 N–H and O–H groups in total. The lowest BCUT2D eigenvalue weighted by molar-refractivity contribution is 0.299. The highest BCUT2D eigenvalue weighted by atomic mass is 35.5. The Kier molecular flexibility index (Phi) is 5.52. The second-order valence-electron chi connectivity index (χ2n) is 3.87. The van der Waals surface area contributed by atoms with Crippen LogP contribution in [0.3, 0.4) is 0 Å². The highest BCUT2D eigenvalue weighted by molar-refractivity contribution is 6.31. The lowest BCUT2D eigenvalue weighted by Gasteiger charge is -2.16. The van der Waals surface area contributed by atoms with Crippen molar-refractivity contribution in [1.82, 2.24) is 5.32 Å². The van der Waals surface area contributed by atoms with E-state index < -0.39 is 0 Å². The molecule has 3 heteroatoms. The Balaban J connectivity index is 2.89. The van der Waals surface area contributed by atoms with E-state index in [1.807, 2.05) is 25.1 Å². The Hall–Kier alpha value is -0.990. The summed E-state index contributed by atoms with van der Waals surface area (Å²) in [6.45, 7) is 11.5. The van der Waals surface area contributed by atoms with Gasteiger partial charge in [-0.25, -0.2) is 0 Å². The molecule has 0 spiro atoms. The lowest BCUT2D eigenvalue weighted by Crippen LogP contribution is -2.18. The SMILES string of the molecule is C=C(OCC)c1ccc(C(C)NCC)c(Cl)c1. The van der Waals surface area contributed by atoms with Gasteiger partial charge in [-0.15, -0.1) is 0 Å². The van der Waals surface area contributed by atoms with Crippen molar-refractivity contribution in [2.24, 2.45) is 0 Å². The first-order valence-electron chi connectivity index (χ1n) is 5.95. The van der Waals surface area contributed by atoms with E-state index in [4.69, 9.17) is 16.3 Å². The molecule has 0 aromatic heterocycles. The second kappa shape index (κ2) is 6.67. The van der Waals surface area contributed by atoms with Gasteiger partial charge in [-0.1, -0.05) is 37.2 Å². The number of rotatable bonds is 6. The Labute approximate surface area is 109 Å². The zero-order valence-electron chi connectivity index (χ0n) is 10.7. The van der Waals surface area contributed by atoms with E-state index in [1.165, 1.54) is 0 Å². The molecular weight excluding hydrogens is 234 g/mol. The number of nitrogens with one attached hydrogen (secondary N) is 1. The standard InChI is InChI=1S/C14H20ClNO/c1-5-16-10(3)13-8-7-12(9-14(13)15)11(4)17-6-2/h7-10,16H,4-6H2,1-3H3. The quantitative estimate of drug-likeness (QED) is 0.774. The summed E-state index contributed by atoms with van der Waals surface area (Å²) in [6, 6.07) is 6.17. The predicted molar refractivity (Wildman–Crippen MR) is 74.2 cm³/mol. The summed E-state index contributed by atoms with van der Waals surface area (Å²) in [4.78, 5) is 0. The molecule has 0 aliphatic rings. The number of hydrogen-bond acceptors (Lipinski definition) is 2. The van der Waals surface area contributed by atoms with Crippen molar-refractivity contribution in [3.63, 3.8) is 0 Å². The zero-order valence-corrected chi connectivity index (χ0v) is 11.5. The predicted octanol–water partition coefficient (Wildman–Crippen LogP) is 4.02. The largest absolute Gasteiger partial charge is 0.494 e. The number of ether oxygens (including phenoxy) is 1. The zero-order chi connectivity index (χ0) is 12.8. The molecule has 1 unspecified atom stereocenters. The van der Waals surface area contributed by atoms with Crippen molar-refractivity contribution in [1.29, 1.82) is 0 Å². The highest BCUT2D eigenvalue weighted by Gasteiger charge is 2.10. The van der Waals surface area contributed by atoms with Crippen LogP contribution in [0.5, 0.6) is 0 Å². The molecule has 17 heavy (non-hydrogen) atoms. The first-order valence-corrected chi connectivity index (χ1v) is 6.32. The third-order valence-electron chi connectivity index (χ3n) is 2.62. The van der Waals surface area contributed by atoms with Gasteiger partial charge in [-0.05, 0) is 32.0 Å². The molecule has 0 fully saturated rings. The topological polar surface area (TPSA) is 21.3 Å².